The average Bonchev–Trinajstić information content (AvgIpc) is 2.93. The third-order valence-electron chi connectivity index (χ3n) is 4.92. The van der Waals surface area contributed by atoms with E-state index in [-0.39, 0.29) is 11.8 Å². The lowest BCUT2D eigenvalue weighted by molar-refractivity contribution is 0.0311. The van der Waals surface area contributed by atoms with E-state index in [0.29, 0.717) is 12.1 Å². The first-order valence-electron chi connectivity index (χ1n) is 7.76. The van der Waals surface area contributed by atoms with Gasteiger partial charge in [-0.25, -0.2) is 0 Å². The van der Waals surface area contributed by atoms with E-state index in [1.807, 2.05) is 30.3 Å². The third kappa shape index (κ3) is 2.52. The van der Waals surface area contributed by atoms with Crippen molar-refractivity contribution < 1.29 is 4.79 Å². The van der Waals surface area contributed by atoms with Gasteiger partial charge in [-0.3, -0.25) is 14.6 Å². The molecule has 2 aliphatic heterocycles. The molecule has 108 valence electrons. The van der Waals surface area contributed by atoms with Gasteiger partial charge < -0.3 is 0 Å². The molecule has 2 saturated heterocycles. The van der Waals surface area contributed by atoms with Crippen LogP contribution in [-0.4, -0.2) is 53.3 Å². The summed E-state index contributed by atoms with van der Waals surface area (Å²) < 4.78 is 0. The highest BCUT2D eigenvalue weighted by atomic mass is 16.1. The van der Waals surface area contributed by atoms with Crippen molar-refractivity contribution in [1.82, 2.24) is 9.80 Å². The topological polar surface area (TPSA) is 23.6 Å². The molecule has 0 spiro atoms. The summed E-state index contributed by atoms with van der Waals surface area (Å²) in [5.74, 6) is 0.254. The second kappa shape index (κ2) is 5.66. The van der Waals surface area contributed by atoms with Gasteiger partial charge in [-0.2, -0.15) is 0 Å². The third-order valence-corrected chi connectivity index (χ3v) is 4.92. The largest absolute Gasteiger partial charge is 0.298 e. The van der Waals surface area contributed by atoms with Gasteiger partial charge in [0, 0.05) is 30.7 Å². The summed E-state index contributed by atoms with van der Waals surface area (Å²) in [5, 5.41) is 0. The summed E-state index contributed by atoms with van der Waals surface area (Å²) in [4.78, 5) is 17.6. The zero-order valence-corrected chi connectivity index (χ0v) is 12.5. The predicted octanol–water partition coefficient (Wildman–Crippen LogP) is 2.43. The minimum Gasteiger partial charge on any atom is -0.298 e. The highest BCUT2D eigenvalue weighted by Crippen LogP contribution is 2.26. The Bertz CT molecular complexity index is 473. The fourth-order valence-corrected chi connectivity index (χ4v) is 3.74. The van der Waals surface area contributed by atoms with E-state index in [0.717, 1.165) is 18.7 Å². The van der Waals surface area contributed by atoms with Gasteiger partial charge in [-0.15, -0.1) is 0 Å². The summed E-state index contributed by atoms with van der Waals surface area (Å²) in [6, 6.07) is 10.8. The van der Waals surface area contributed by atoms with E-state index in [2.05, 4.69) is 23.6 Å². The van der Waals surface area contributed by atoms with Crippen LogP contribution in [0.25, 0.3) is 0 Å². The number of piperazine rings is 1. The lowest BCUT2D eigenvalue weighted by atomic mass is 9.99. The second-order valence-electron chi connectivity index (χ2n) is 6.24. The molecular weight excluding hydrogens is 248 g/mol. The first-order valence-corrected chi connectivity index (χ1v) is 7.76. The number of carbonyl (C=O) groups excluding carboxylic acids is 1. The zero-order valence-electron chi connectivity index (χ0n) is 12.5. The number of Topliss-reactive ketones (excluding diaryl/α,β-unsaturated/α-hetero) is 1. The Morgan fingerprint density at radius 1 is 1.25 bits per heavy atom. The van der Waals surface area contributed by atoms with Gasteiger partial charge in [0.25, 0.3) is 0 Å². The van der Waals surface area contributed by atoms with Crippen molar-refractivity contribution in [3.63, 3.8) is 0 Å². The minimum atomic E-state index is -0.0184. The van der Waals surface area contributed by atoms with Gasteiger partial charge in [0.05, 0.1) is 6.04 Å². The Morgan fingerprint density at radius 3 is 2.75 bits per heavy atom. The van der Waals surface area contributed by atoms with Crippen molar-refractivity contribution in [2.24, 2.45) is 0 Å². The second-order valence-corrected chi connectivity index (χ2v) is 6.24. The van der Waals surface area contributed by atoms with Gasteiger partial charge in [0.1, 0.15) is 0 Å². The van der Waals surface area contributed by atoms with Gasteiger partial charge in [-0.1, -0.05) is 30.3 Å². The fraction of sp³-hybridized carbons (Fsp3) is 0.588. The van der Waals surface area contributed by atoms with Crippen molar-refractivity contribution >= 4 is 5.78 Å². The van der Waals surface area contributed by atoms with Crippen LogP contribution < -0.4 is 0 Å². The smallest absolute Gasteiger partial charge is 0.179 e. The van der Waals surface area contributed by atoms with Gasteiger partial charge in [0.15, 0.2) is 5.78 Å². The van der Waals surface area contributed by atoms with Crippen molar-refractivity contribution in [2.45, 2.75) is 44.8 Å². The Morgan fingerprint density at radius 2 is 2.00 bits per heavy atom. The normalized spacial score (nSPS) is 29.1. The van der Waals surface area contributed by atoms with Gasteiger partial charge >= 0.3 is 0 Å². The van der Waals surface area contributed by atoms with E-state index in [9.17, 15) is 4.79 Å². The number of hydrogen-bond donors (Lipinski definition) is 0. The molecule has 0 N–H and O–H groups in total. The maximum Gasteiger partial charge on any atom is 0.179 e. The van der Waals surface area contributed by atoms with Crippen LogP contribution in [0.2, 0.25) is 0 Å². The SMILES string of the molecule is CC1CN2CCCC2CN1C(C)C(=O)c1ccccc1. The van der Waals surface area contributed by atoms with Crippen LogP contribution in [0.5, 0.6) is 0 Å². The van der Waals surface area contributed by atoms with Gasteiger partial charge in [0.2, 0.25) is 0 Å². The zero-order chi connectivity index (χ0) is 14.1. The van der Waals surface area contributed by atoms with Crippen LogP contribution in [0.1, 0.15) is 37.0 Å². The molecule has 3 nitrogen and oxygen atoms in total. The number of nitrogens with zero attached hydrogens (tertiary/aromatic N) is 2. The Kier molecular flexibility index (Phi) is 3.90. The molecule has 0 amide bonds. The first kappa shape index (κ1) is 13.8. The number of benzene rings is 1. The number of hydrogen-bond acceptors (Lipinski definition) is 3. The quantitative estimate of drug-likeness (QED) is 0.790. The van der Waals surface area contributed by atoms with E-state index >= 15 is 0 Å². The van der Waals surface area contributed by atoms with Crippen molar-refractivity contribution in [2.75, 3.05) is 19.6 Å². The maximum atomic E-state index is 12.6. The Hall–Kier alpha value is -1.19. The minimum absolute atomic E-state index is 0.0184. The Balaban J connectivity index is 1.73. The molecule has 20 heavy (non-hydrogen) atoms. The summed E-state index contributed by atoms with van der Waals surface area (Å²) in [7, 11) is 0. The molecule has 3 heteroatoms. The maximum absolute atomic E-state index is 12.6. The monoisotopic (exact) mass is 272 g/mol. The molecule has 3 rings (SSSR count). The molecule has 3 unspecified atom stereocenters. The molecule has 0 radical (unpaired) electrons. The molecule has 2 fully saturated rings. The van der Waals surface area contributed by atoms with Crippen LogP contribution in [0, 0.1) is 0 Å². The molecule has 0 aliphatic carbocycles. The van der Waals surface area contributed by atoms with E-state index in [1.165, 1.54) is 19.4 Å². The summed E-state index contributed by atoms with van der Waals surface area (Å²) >= 11 is 0. The van der Waals surface area contributed by atoms with E-state index in [4.69, 9.17) is 0 Å². The number of rotatable bonds is 3. The standard InChI is InChI=1S/C17H24N2O/c1-13-11-18-10-6-9-16(18)12-19(13)14(2)17(20)15-7-4-3-5-8-15/h3-5,7-8,13-14,16H,6,9-12H2,1-2H3. The van der Waals surface area contributed by atoms with Gasteiger partial charge in [-0.05, 0) is 33.2 Å². The average molecular weight is 272 g/mol. The Labute approximate surface area is 121 Å². The van der Waals surface area contributed by atoms with E-state index < -0.39 is 0 Å². The molecule has 0 saturated carbocycles. The highest BCUT2D eigenvalue weighted by Gasteiger charge is 2.37. The fourth-order valence-electron chi connectivity index (χ4n) is 3.74. The molecule has 1 aromatic rings. The van der Waals surface area contributed by atoms with Crippen LogP contribution in [0.15, 0.2) is 30.3 Å². The number of carbonyl (C=O) groups is 1. The highest BCUT2D eigenvalue weighted by molar-refractivity contribution is 5.99. The molecule has 0 bridgehead atoms. The number of fused-ring (bicyclic) bond motifs is 1. The summed E-state index contributed by atoms with van der Waals surface area (Å²) in [6.45, 7) is 7.71. The van der Waals surface area contributed by atoms with Crippen molar-refractivity contribution in [1.29, 1.82) is 0 Å². The molecule has 2 aliphatic rings. The van der Waals surface area contributed by atoms with Crippen molar-refractivity contribution in [3.05, 3.63) is 35.9 Å². The lowest BCUT2D eigenvalue weighted by Crippen LogP contribution is -2.58. The van der Waals surface area contributed by atoms with Crippen LogP contribution >= 0.6 is 0 Å². The lowest BCUT2D eigenvalue weighted by Gasteiger charge is -2.44. The van der Waals surface area contributed by atoms with Crippen LogP contribution in [-0.2, 0) is 0 Å². The summed E-state index contributed by atoms with van der Waals surface area (Å²) in [6.07, 6.45) is 2.60. The summed E-state index contributed by atoms with van der Waals surface area (Å²) in [5.41, 5.74) is 0.834. The number of ketones is 1. The molecule has 3 atom stereocenters. The first-order chi connectivity index (χ1) is 9.66. The molecule has 2 heterocycles. The van der Waals surface area contributed by atoms with Crippen LogP contribution in [0.3, 0.4) is 0 Å². The van der Waals surface area contributed by atoms with Crippen LogP contribution in [0.4, 0.5) is 0 Å². The molecular formula is C17H24N2O. The molecule has 0 aromatic heterocycles. The van der Waals surface area contributed by atoms with Crippen molar-refractivity contribution in [3.8, 4) is 0 Å². The van der Waals surface area contributed by atoms with E-state index in [1.54, 1.807) is 0 Å². The predicted molar refractivity (Wildman–Crippen MR) is 81.0 cm³/mol. The molecule has 1 aromatic carbocycles.